The number of rotatable bonds is 3. The van der Waals surface area contributed by atoms with E-state index in [0.717, 1.165) is 11.1 Å². The molecule has 3 rings (SSSR count). The Hall–Kier alpha value is -3.22. The van der Waals surface area contributed by atoms with Crippen LogP contribution in [0, 0.1) is 6.42 Å². The first-order valence-corrected chi connectivity index (χ1v) is 7.82. The lowest BCUT2D eigenvalue weighted by Crippen LogP contribution is -2.18. The zero-order chi connectivity index (χ0) is 18.5. The molecule has 0 spiro atoms. The summed E-state index contributed by atoms with van der Waals surface area (Å²) in [6.07, 6.45) is 0.526. The molecule has 1 aliphatic heterocycles. The van der Waals surface area contributed by atoms with Crippen LogP contribution in [0.5, 0.6) is 17.2 Å². The molecule has 1 atom stereocenters. The number of benzene rings is 2. The molecule has 0 bridgehead atoms. The molecule has 0 saturated heterocycles. The minimum absolute atomic E-state index is 0.0436. The summed E-state index contributed by atoms with van der Waals surface area (Å²) in [4.78, 5) is 22.3. The minimum Gasteiger partial charge on any atom is -0.492 e. The molecule has 2 aromatic carbocycles. The summed E-state index contributed by atoms with van der Waals surface area (Å²) in [5.41, 5.74) is 1.91. The van der Waals surface area contributed by atoms with Gasteiger partial charge in [-0.25, -0.2) is 9.59 Å². The van der Waals surface area contributed by atoms with E-state index in [4.69, 9.17) is 14.2 Å². The summed E-state index contributed by atoms with van der Waals surface area (Å²) in [5.74, 6) is 1.43. The van der Waals surface area contributed by atoms with Crippen LogP contribution < -0.4 is 14.2 Å². The number of methoxy groups -OCH3 is 2. The van der Waals surface area contributed by atoms with Crippen LogP contribution in [0.3, 0.4) is 0 Å². The van der Waals surface area contributed by atoms with Crippen molar-refractivity contribution in [2.45, 2.75) is 5.92 Å². The van der Waals surface area contributed by atoms with Gasteiger partial charge < -0.3 is 23.7 Å². The van der Waals surface area contributed by atoms with Crippen LogP contribution >= 0.6 is 0 Å². The summed E-state index contributed by atoms with van der Waals surface area (Å²) in [5, 5.41) is 0. The van der Waals surface area contributed by atoms with E-state index in [1.165, 1.54) is 14.2 Å². The van der Waals surface area contributed by atoms with Crippen molar-refractivity contribution in [3.63, 3.8) is 0 Å². The van der Waals surface area contributed by atoms with Crippen LogP contribution in [0.1, 0.15) is 17.0 Å². The number of carbonyl (C=O) groups is 2. The molecule has 0 N–H and O–H groups in total. The highest BCUT2D eigenvalue weighted by atomic mass is 16.7. The van der Waals surface area contributed by atoms with Gasteiger partial charge in [-0.2, -0.15) is 0 Å². The predicted octanol–water partition coefficient (Wildman–Crippen LogP) is 3.71. The van der Waals surface area contributed by atoms with Gasteiger partial charge in [-0.1, -0.05) is 18.2 Å². The van der Waals surface area contributed by atoms with Gasteiger partial charge in [0.1, 0.15) is 17.2 Å². The fourth-order valence-corrected chi connectivity index (χ4v) is 2.54. The Labute approximate surface area is 150 Å². The van der Waals surface area contributed by atoms with E-state index in [2.05, 4.69) is 15.9 Å². The number of ether oxygens (including phenoxy) is 5. The summed E-state index contributed by atoms with van der Waals surface area (Å²) >= 11 is 0. The van der Waals surface area contributed by atoms with E-state index in [0.29, 0.717) is 23.9 Å². The molecule has 1 heterocycles. The van der Waals surface area contributed by atoms with E-state index in [1.54, 1.807) is 24.3 Å². The number of fused-ring (bicyclic) bond motifs is 1. The van der Waals surface area contributed by atoms with Crippen LogP contribution in [0.25, 0.3) is 0 Å². The predicted molar refractivity (Wildman–Crippen MR) is 90.6 cm³/mol. The lowest BCUT2D eigenvalue weighted by Gasteiger charge is -2.25. The van der Waals surface area contributed by atoms with Crippen LogP contribution in [0.15, 0.2) is 42.5 Å². The van der Waals surface area contributed by atoms with Gasteiger partial charge >= 0.3 is 12.3 Å². The molecule has 7 heteroatoms. The summed E-state index contributed by atoms with van der Waals surface area (Å²) < 4.78 is 24.7. The fraction of sp³-hybridized carbons (Fsp3) is 0.211. The van der Waals surface area contributed by atoms with Gasteiger partial charge in [-0.3, -0.25) is 0 Å². The Morgan fingerprint density at radius 1 is 0.923 bits per heavy atom. The van der Waals surface area contributed by atoms with E-state index >= 15 is 0 Å². The number of hydrogen-bond donors (Lipinski definition) is 0. The maximum atomic E-state index is 11.2. The minimum atomic E-state index is -0.781. The second kappa shape index (κ2) is 7.77. The average molecular weight is 357 g/mol. The largest absolute Gasteiger partial charge is 0.513 e. The van der Waals surface area contributed by atoms with Crippen molar-refractivity contribution < 1.29 is 33.3 Å². The van der Waals surface area contributed by atoms with Gasteiger partial charge in [-0.15, -0.1) is 0 Å². The molecular formula is C19H17O7. The zero-order valence-electron chi connectivity index (χ0n) is 14.3. The topological polar surface area (TPSA) is 80.3 Å². The van der Waals surface area contributed by atoms with Crippen molar-refractivity contribution in [1.82, 2.24) is 0 Å². The Balaban J connectivity index is 1.68. The monoisotopic (exact) mass is 357 g/mol. The maximum Gasteiger partial charge on any atom is 0.513 e. The second-order valence-electron chi connectivity index (χ2n) is 5.47. The molecule has 1 aliphatic rings. The van der Waals surface area contributed by atoms with Crippen molar-refractivity contribution >= 4 is 12.3 Å². The molecule has 26 heavy (non-hydrogen) atoms. The van der Waals surface area contributed by atoms with Crippen LogP contribution in [0.2, 0.25) is 0 Å². The molecule has 0 fully saturated rings. The molecule has 1 radical (unpaired) electrons. The smallest absolute Gasteiger partial charge is 0.492 e. The molecule has 2 aromatic rings. The van der Waals surface area contributed by atoms with Crippen molar-refractivity contribution in [1.29, 1.82) is 0 Å². The van der Waals surface area contributed by atoms with Gasteiger partial charge in [0.2, 0.25) is 0 Å². The normalized spacial score (nSPS) is 15.2. The standard InChI is InChI=1S/C19H17O7/c1-22-18(20)25-15-6-3-12(4-7-15)14-9-13-5-8-16(26-19(21)23-2)10-17(13)24-11-14/h3-10,14H,11H2,1-2H3. The lowest BCUT2D eigenvalue weighted by molar-refractivity contribution is 0.120. The SMILES string of the molecule is COC(=O)Oc1ccc(C2[CH]c3ccc(OC(=O)OC)cc3OC2)cc1. The van der Waals surface area contributed by atoms with Crippen LogP contribution in [-0.4, -0.2) is 33.1 Å². The third kappa shape index (κ3) is 4.05. The number of carbonyl (C=O) groups excluding carboxylic acids is 2. The van der Waals surface area contributed by atoms with Gasteiger partial charge in [-0.05, 0) is 29.3 Å². The molecule has 0 aromatic heterocycles. The van der Waals surface area contributed by atoms with Crippen molar-refractivity contribution in [2.75, 3.05) is 20.8 Å². The summed E-state index contributed by atoms with van der Waals surface area (Å²) in [7, 11) is 2.50. The Morgan fingerprint density at radius 3 is 2.19 bits per heavy atom. The Bertz CT molecular complexity index is 798. The van der Waals surface area contributed by atoms with E-state index in [9.17, 15) is 9.59 Å². The highest BCUT2D eigenvalue weighted by Gasteiger charge is 2.23. The first kappa shape index (κ1) is 17.6. The van der Waals surface area contributed by atoms with Gasteiger partial charge in [0.15, 0.2) is 0 Å². The van der Waals surface area contributed by atoms with E-state index < -0.39 is 12.3 Å². The Kier molecular flexibility index (Phi) is 5.26. The molecule has 135 valence electrons. The number of hydrogen-bond acceptors (Lipinski definition) is 7. The molecule has 0 aliphatic carbocycles. The van der Waals surface area contributed by atoms with Crippen molar-refractivity contribution in [3.05, 3.63) is 60.0 Å². The molecule has 0 amide bonds. The highest BCUT2D eigenvalue weighted by molar-refractivity contribution is 5.64. The fourth-order valence-electron chi connectivity index (χ4n) is 2.54. The molecule has 1 unspecified atom stereocenters. The maximum absolute atomic E-state index is 11.2. The van der Waals surface area contributed by atoms with E-state index in [1.807, 2.05) is 18.2 Å². The van der Waals surface area contributed by atoms with Crippen molar-refractivity contribution in [3.8, 4) is 17.2 Å². The van der Waals surface area contributed by atoms with Crippen LogP contribution in [-0.2, 0) is 9.47 Å². The van der Waals surface area contributed by atoms with Gasteiger partial charge in [0.25, 0.3) is 0 Å². The third-order valence-corrected chi connectivity index (χ3v) is 3.83. The molecule has 0 saturated carbocycles. The Morgan fingerprint density at radius 2 is 1.54 bits per heavy atom. The first-order chi connectivity index (χ1) is 12.6. The first-order valence-electron chi connectivity index (χ1n) is 7.82. The van der Waals surface area contributed by atoms with Gasteiger partial charge in [0, 0.05) is 18.4 Å². The van der Waals surface area contributed by atoms with Gasteiger partial charge in [0.05, 0.1) is 20.8 Å². The lowest BCUT2D eigenvalue weighted by atomic mass is 9.90. The summed E-state index contributed by atoms with van der Waals surface area (Å²) in [6, 6.07) is 12.3. The molecule has 7 nitrogen and oxygen atoms in total. The quantitative estimate of drug-likeness (QED) is 0.612. The molecular weight excluding hydrogens is 340 g/mol. The van der Waals surface area contributed by atoms with Crippen molar-refractivity contribution in [2.24, 2.45) is 0 Å². The zero-order valence-corrected chi connectivity index (χ0v) is 14.3. The highest BCUT2D eigenvalue weighted by Crippen LogP contribution is 2.36. The third-order valence-electron chi connectivity index (χ3n) is 3.83. The average Bonchev–Trinajstić information content (AvgIpc) is 2.68. The van der Waals surface area contributed by atoms with Crippen LogP contribution in [0.4, 0.5) is 9.59 Å². The van der Waals surface area contributed by atoms with E-state index in [-0.39, 0.29) is 5.92 Å². The summed E-state index contributed by atoms with van der Waals surface area (Å²) in [6.45, 7) is 0.436. The second-order valence-corrected chi connectivity index (χ2v) is 5.47.